The van der Waals surface area contributed by atoms with E-state index in [4.69, 9.17) is 4.74 Å². The molecule has 1 amide bonds. The van der Waals surface area contributed by atoms with Crippen molar-refractivity contribution < 1.29 is 9.53 Å². The molecule has 19 heavy (non-hydrogen) atoms. The van der Waals surface area contributed by atoms with Gasteiger partial charge in [-0.1, -0.05) is 0 Å². The maximum Gasteiger partial charge on any atom is 0.233 e. The Morgan fingerprint density at radius 3 is 2.95 bits per heavy atom. The van der Waals surface area contributed by atoms with E-state index >= 15 is 0 Å². The first-order valence-corrected chi connectivity index (χ1v) is 8.59. The Hall–Kier alpha value is -0.520. The highest BCUT2D eigenvalue weighted by molar-refractivity contribution is 8.00. The summed E-state index contributed by atoms with van der Waals surface area (Å²) >= 11 is 3.49. The summed E-state index contributed by atoms with van der Waals surface area (Å²) in [6, 6.07) is 2.13. The first kappa shape index (κ1) is 14.9. The van der Waals surface area contributed by atoms with Gasteiger partial charge < -0.3 is 9.64 Å². The van der Waals surface area contributed by atoms with E-state index in [-0.39, 0.29) is 17.4 Å². The lowest BCUT2D eigenvalue weighted by Gasteiger charge is -2.24. The highest BCUT2D eigenvalue weighted by atomic mass is 32.2. The van der Waals surface area contributed by atoms with Crippen molar-refractivity contribution in [1.82, 2.24) is 4.90 Å². The molecule has 1 aliphatic rings. The van der Waals surface area contributed by atoms with Crippen molar-refractivity contribution >= 4 is 29.0 Å². The van der Waals surface area contributed by atoms with Crippen LogP contribution in [0.25, 0.3) is 0 Å². The molecule has 0 aromatic carbocycles. The lowest BCUT2D eigenvalue weighted by atomic mass is 10.2. The molecule has 0 aliphatic carbocycles. The van der Waals surface area contributed by atoms with Gasteiger partial charge in [-0.05, 0) is 44.2 Å². The number of nitrogens with zero attached hydrogens (tertiary/aromatic N) is 1. The van der Waals surface area contributed by atoms with Crippen molar-refractivity contribution in [3.63, 3.8) is 0 Å². The van der Waals surface area contributed by atoms with Crippen molar-refractivity contribution in [1.29, 1.82) is 0 Å². The number of hydrogen-bond acceptors (Lipinski definition) is 4. The van der Waals surface area contributed by atoms with Gasteiger partial charge >= 0.3 is 0 Å². The van der Waals surface area contributed by atoms with Crippen molar-refractivity contribution in [2.45, 2.75) is 38.7 Å². The fourth-order valence-corrected chi connectivity index (χ4v) is 4.60. The molecule has 1 fully saturated rings. The van der Waals surface area contributed by atoms with Crippen molar-refractivity contribution in [3.05, 3.63) is 21.9 Å². The number of carbonyl (C=O) groups excluding carboxylic acids is 1. The van der Waals surface area contributed by atoms with E-state index < -0.39 is 0 Å². The maximum absolute atomic E-state index is 12.0. The average Bonchev–Trinajstić information content (AvgIpc) is 2.91. The van der Waals surface area contributed by atoms with Gasteiger partial charge in [-0.3, -0.25) is 4.79 Å². The van der Waals surface area contributed by atoms with Crippen LogP contribution in [0.1, 0.15) is 36.1 Å². The quantitative estimate of drug-likeness (QED) is 0.754. The molecule has 1 saturated heterocycles. The number of thiophene rings is 1. The van der Waals surface area contributed by atoms with E-state index in [1.54, 1.807) is 23.1 Å². The van der Waals surface area contributed by atoms with E-state index in [2.05, 4.69) is 18.4 Å². The van der Waals surface area contributed by atoms with Gasteiger partial charge in [0.25, 0.3) is 0 Å². The Labute approximate surface area is 123 Å². The zero-order valence-corrected chi connectivity index (χ0v) is 13.4. The number of hydrogen-bond donors (Lipinski definition) is 0. The lowest BCUT2D eigenvalue weighted by molar-refractivity contribution is -0.128. The van der Waals surface area contributed by atoms with Crippen molar-refractivity contribution in [2.75, 3.05) is 18.9 Å². The number of amides is 1. The second kappa shape index (κ2) is 6.77. The Morgan fingerprint density at radius 2 is 2.32 bits per heavy atom. The second-order valence-electron chi connectivity index (χ2n) is 4.99. The van der Waals surface area contributed by atoms with Gasteiger partial charge in [0.05, 0.1) is 11.9 Å². The van der Waals surface area contributed by atoms with Crippen molar-refractivity contribution in [2.24, 2.45) is 0 Å². The van der Waals surface area contributed by atoms with Crippen LogP contribution in [0.2, 0.25) is 0 Å². The molecule has 2 heterocycles. The molecule has 1 aromatic rings. The molecular formula is C14H21NO2S2. The van der Waals surface area contributed by atoms with Gasteiger partial charge in [0, 0.05) is 18.0 Å². The molecule has 0 radical (unpaired) electrons. The van der Waals surface area contributed by atoms with Crippen LogP contribution in [0, 0.1) is 6.92 Å². The minimum atomic E-state index is 0.214. The SMILES string of the molecule is Cc1ccsc1C1SCC(=O)N1CCCOC(C)C. The number of carbonyl (C=O) groups is 1. The van der Waals surface area contributed by atoms with Crippen LogP contribution in [0.3, 0.4) is 0 Å². The number of rotatable bonds is 6. The molecule has 0 bridgehead atoms. The zero-order chi connectivity index (χ0) is 13.8. The third-order valence-corrected chi connectivity index (χ3v) is 5.53. The first-order chi connectivity index (χ1) is 9.09. The molecule has 1 aliphatic heterocycles. The van der Waals surface area contributed by atoms with E-state index in [0.29, 0.717) is 5.75 Å². The molecule has 5 heteroatoms. The Morgan fingerprint density at radius 1 is 1.53 bits per heavy atom. The standard InChI is InChI=1S/C14H21NO2S2/c1-10(2)17-7-4-6-15-12(16)9-19-14(15)13-11(3)5-8-18-13/h5,8,10,14H,4,6-7,9H2,1-3H3. The van der Waals surface area contributed by atoms with Crippen LogP contribution in [-0.4, -0.2) is 35.8 Å². The molecule has 0 saturated carbocycles. The lowest BCUT2D eigenvalue weighted by Crippen LogP contribution is -2.30. The second-order valence-corrected chi connectivity index (χ2v) is 7.01. The summed E-state index contributed by atoms with van der Waals surface area (Å²) in [5.74, 6) is 0.861. The molecule has 0 spiro atoms. The van der Waals surface area contributed by atoms with E-state index in [9.17, 15) is 4.79 Å². The topological polar surface area (TPSA) is 29.5 Å². The van der Waals surface area contributed by atoms with Crippen LogP contribution in [0.5, 0.6) is 0 Å². The number of thioether (sulfide) groups is 1. The maximum atomic E-state index is 12.0. The van der Waals surface area contributed by atoms with Crippen LogP contribution in [0.15, 0.2) is 11.4 Å². The Balaban J connectivity index is 1.93. The van der Waals surface area contributed by atoms with Gasteiger partial charge in [0.1, 0.15) is 5.37 Å². The summed E-state index contributed by atoms with van der Waals surface area (Å²) in [5, 5.41) is 2.32. The van der Waals surface area contributed by atoms with Gasteiger partial charge in [-0.25, -0.2) is 0 Å². The molecule has 1 atom stereocenters. The Bertz CT molecular complexity index is 431. The van der Waals surface area contributed by atoms with Crippen LogP contribution < -0.4 is 0 Å². The monoisotopic (exact) mass is 299 g/mol. The minimum absolute atomic E-state index is 0.214. The molecule has 106 valence electrons. The highest BCUT2D eigenvalue weighted by Gasteiger charge is 2.33. The fraction of sp³-hybridized carbons (Fsp3) is 0.643. The van der Waals surface area contributed by atoms with E-state index in [0.717, 1.165) is 19.6 Å². The van der Waals surface area contributed by atoms with Gasteiger partial charge in [0.2, 0.25) is 5.91 Å². The van der Waals surface area contributed by atoms with E-state index in [1.165, 1.54) is 10.4 Å². The summed E-state index contributed by atoms with van der Waals surface area (Å²) in [4.78, 5) is 15.3. The predicted molar refractivity (Wildman–Crippen MR) is 81.7 cm³/mol. The van der Waals surface area contributed by atoms with Crippen LogP contribution in [0.4, 0.5) is 0 Å². The van der Waals surface area contributed by atoms with Gasteiger partial charge in [0.15, 0.2) is 0 Å². The predicted octanol–water partition coefficient (Wildman–Crippen LogP) is 3.45. The number of aryl methyl sites for hydroxylation is 1. The average molecular weight is 299 g/mol. The molecule has 0 N–H and O–H groups in total. The third-order valence-electron chi connectivity index (χ3n) is 3.09. The normalized spacial score (nSPS) is 19.7. The zero-order valence-electron chi connectivity index (χ0n) is 11.7. The largest absolute Gasteiger partial charge is 0.379 e. The summed E-state index contributed by atoms with van der Waals surface area (Å²) in [6.07, 6.45) is 1.17. The molecule has 2 rings (SSSR count). The number of ether oxygens (including phenoxy) is 1. The third kappa shape index (κ3) is 3.74. The van der Waals surface area contributed by atoms with Gasteiger partial charge in [-0.2, -0.15) is 0 Å². The molecule has 3 nitrogen and oxygen atoms in total. The summed E-state index contributed by atoms with van der Waals surface area (Å²) < 4.78 is 5.54. The summed E-state index contributed by atoms with van der Waals surface area (Å²) in [6.45, 7) is 7.71. The van der Waals surface area contributed by atoms with Crippen LogP contribution in [-0.2, 0) is 9.53 Å². The summed E-state index contributed by atoms with van der Waals surface area (Å²) in [7, 11) is 0. The smallest absolute Gasteiger partial charge is 0.233 e. The minimum Gasteiger partial charge on any atom is -0.379 e. The molecule has 1 unspecified atom stereocenters. The molecular weight excluding hydrogens is 278 g/mol. The fourth-order valence-electron chi connectivity index (χ4n) is 2.10. The first-order valence-electron chi connectivity index (χ1n) is 6.66. The summed E-state index contributed by atoms with van der Waals surface area (Å²) in [5.41, 5.74) is 1.29. The van der Waals surface area contributed by atoms with Crippen molar-refractivity contribution in [3.8, 4) is 0 Å². The Kier molecular flexibility index (Phi) is 5.30. The highest BCUT2D eigenvalue weighted by Crippen LogP contribution is 2.42. The van der Waals surface area contributed by atoms with Crippen LogP contribution >= 0.6 is 23.1 Å². The van der Waals surface area contributed by atoms with Gasteiger partial charge in [-0.15, -0.1) is 23.1 Å². The molecule has 1 aromatic heterocycles. The van der Waals surface area contributed by atoms with E-state index in [1.807, 2.05) is 18.7 Å².